The Morgan fingerprint density at radius 2 is 1.07 bits per heavy atom. The monoisotopic (exact) mass is 540 g/mol. The van der Waals surface area contributed by atoms with E-state index in [-0.39, 0.29) is 5.75 Å². The summed E-state index contributed by atoms with van der Waals surface area (Å²) < 4.78 is 42.7. The molecule has 0 aliphatic carbocycles. The van der Waals surface area contributed by atoms with Crippen molar-refractivity contribution < 1.29 is 17.9 Å². The molecule has 0 radical (unpaired) electrons. The van der Waals surface area contributed by atoms with E-state index in [0.29, 0.717) is 0 Å². The number of alkyl halides is 3. The third-order valence-electron chi connectivity index (χ3n) is 7.52. The van der Waals surface area contributed by atoms with Crippen molar-refractivity contribution >= 4 is 32.3 Å². The summed E-state index contributed by atoms with van der Waals surface area (Å²) in [6.45, 7) is 0. The van der Waals surface area contributed by atoms with Gasteiger partial charge < -0.3 is 4.74 Å². The van der Waals surface area contributed by atoms with Crippen LogP contribution in [0.2, 0.25) is 0 Å². The molecule has 41 heavy (non-hydrogen) atoms. The van der Waals surface area contributed by atoms with Crippen molar-refractivity contribution in [1.82, 2.24) is 0 Å². The zero-order valence-electron chi connectivity index (χ0n) is 21.8. The third kappa shape index (κ3) is 4.78. The minimum atomic E-state index is -4.74. The second-order valence-corrected chi connectivity index (χ2v) is 10.1. The highest BCUT2D eigenvalue weighted by molar-refractivity contribution is 6.17. The van der Waals surface area contributed by atoms with Crippen LogP contribution >= 0.6 is 0 Å². The number of ether oxygens (including phenoxy) is 1. The molecule has 0 aromatic heterocycles. The second kappa shape index (κ2) is 9.83. The molecule has 0 aliphatic rings. The van der Waals surface area contributed by atoms with Crippen molar-refractivity contribution in [1.29, 1.82) is 0 Å². The number of hydrogen-bond acceptors (Lipinski definition) is 1. The average Bonchev–Trinajstić information content (AvgIpc) is 2.99. The SMILES string of the molecule is FC(F)(F)Oc1ccc(-c2cc(-c3ccccc3)cc3c(-c4ccc5ccccc5c4)c4ccccc4cc23)cc1. The predicted octanol–water partition coefficient (Wildman–Crippen LogP) is 11.0. The van der Waals surface area contributed by atoms with E-state index in [1.165, 1.54) is 17.5 Å². The number of benzene rings is 7. The van der Waals surface area contributed by atoms with Gasteiger partial charge in [0.2, 0.25) is 0 Å². The fraction of sp³-hybridized carbons (Fsp3) is 0.0270. The average molecular weight is 541 g/mol. The number of fused-ring (bicyclic) bond motifs is 3. The predicted molar refractivity (Wildman–Crippen MR) is 162 cm³/mol. The summed E-state index contributed by atoms with van der Waals surface area (Å²) in [5, 5.41) is 6.66. The number of halogens is 3. The van der Waals surface area contributed by atoms with Gasteiger partial charge in [-0.05, 0) is 102 Å². The Morgan fingerprint density at radius 1 is 0.415 bits per heavy atom. The Labute approximate surface area is 235 Å². The Hall–Kier alpha value is -5.09. The molecule has 0 heterocycles. The Bertz CT molecular complexity index is 2040. The smallest absolute Gasteiger partial charge is 0.406 e. The summed E-state index contributed by atoms with van der Waals surface area (Å²) in [5.41, 5.74) is 6.07. The van der Waals surface area contributed by atoms with Crippen LogP contribution in [0.5, 0.6) is 5.75 Å². The molecule has 0 amide bonds. The van der Waals surface area contributed by atoms with E-state index in [1.54, 1.807) is 12.1 Å². The second-order valence-electron chi connectivity index (χ2n) is 10.1. The van der Waals surface area contributed by atoms with Gasteiger partial charge in [-0.25, -0.2) is 0 Å². The molecule has 7 aromatic rings. The fourth-order valence-corrected chi connectivity index (χ4v) is 5.69. The highest BCUT2D eigenvalue weighted by Crippen LogP contribution is 2.43. The quantitative estimate of drug-likeness (QED) is 0.202. The summed E-state index contributed by atoms with van der Waals surface area (Å²) in [7, 11) is 0. The first kappa shape index (κ1) is 24.9. The van der Waals surface area contributed by atoms with E-state index >= 15 is 0 Å². The van der Waals surface area contributed by atoms with Crippen LogP contribution in [0.3, 0.4) is 0 Å². The summed E-state index contributed by atoms with van der Waals surface area (Å²) in [6.07, 6.45) is -4.74. The molecule has 0 aliphatic heterocycles. The maximum absolute atomic E-state index is 12.8. The van der Waals surface area contributed by atoms with Crippen LogP contribution in [-0.4, -0.2) is 6.36 Å². The standard InChI is InChI=1S/C37H23F3O/c38-37(39,40)41-31-18-16-26(17-19-31)33-22-30(24-8-2-1-3-9-24)23-35-34(33)21-28-12-6-7-13-32(28)36(35)29-15-14-25-10-4-5-11-27(25)20-29/h1-23H. The molecule has 0 saturated heterocycles. The molecule has 0 spiro atoms. The minimum Gasteiger partial charge on any atom is -0.406 e. The maximum Gasteiger partial charge on any atom is 0.573 e. The van der Waals surface area contributed by atoms with E-state index in [2.05, 4.69) is 83.6 Å². The van der Waals surface area contributed by atoms with E-state index in [1.807, 2.05) is 36.4 Å². The van der Waals surface area contributed by atoms with E-state index in [0.717, 1.165) is 60.3 Å². The summed E-state index contributed by atoms with van der Waals surface area (Å²) in [4.78, 5) is 0. The lowest BCUT2D eigenvalue weighted by atomic mass is 9.86. The molecule has 7 rings (SSSR count). The first-order chi connectivity index (χ1) is 19.9. The van der Waals surface area contributed by atoms with Crippen LogP contribution in [0.15, 0.2) is 140 Å². The van der Waals surface area contributed by atoms with Gasteiger partial charge in [-0.1, -0.05) is 103 Å². The zero-order chi connectivity index (χ0) is 28.0. The van der Waals surface area contributed by atoms with Gasteiger partial charge in [-0.2, -0.15) is 0 Å². The fourth-order valence-electron chi connectivity index (χ4n) is 5.69. The van der Waals surface area contributed by atoms with Crippen molar-refractivity contribution in [2.45, 2.75) is 6.36 Å². The minimum absolute atomic E-state index is 0.243. The van der Waals surface area contributed by atoms with Crippen LogP contribution in [0.25, 0.3) is 65.7 Å². The van der Waals surface area contributed by atoms with Crippen LogP contribution < -0.4 is 4.74 Å². The van der Waals surface area contributed by atoms with Gasteiger partial charge in [0.1, 0.15) is 5.75 Å². The molecule has 0 N–H and O–H groups in total. The lowest BCUT2D eigenvalue weighted by Crippen LogP contribution is -2.16. The van der Waals surface area contributed by atoms with Crippen molar-refractivity contribution in [3.8, 4) is 39.1 Å². The summed E-state index contributed by atoms with van der Waals surface area (Å²) in [5.74, 6) is -0.243. The van der Waals surface area contributed by atoms with Gasteiger partial charge in [0.05, 0.1) is 0 Å². The molecule has 0 bridgehead atoms. The van der Waals surface area contributed by atoms with Crippen molar-refractivity contribution in [3.63, 3.8) is 0 Å². The molecule has 7 aromatic carbocycles. The van der Waals surface area contributed by atoms with Gasteiger partial charge in [0, 0.05) is 0 Å². The maximum atomic E-state index is 12.8. The topological polar surface area (TPSA) is 9.23 Å². The number of hydrogen-bond donors (Lipinski definition) is 0. The van der Waals surface area contributed by atoms with Gasteiger partial charge in [0.25, 0.3) is 0 Å². The molecular weight excluding hydrogens is 517 g/mol. The molecule has 0 unspecified atom stereocenters. The lowest BCUT2D eigenvalue weighted by Gasteiger charge is -2.18. The Kier molecular flexibility index (Phi) is 5.97. The van der Waals surface area contributed by atoms with Crippen LogP contribution in [0.1, 0.15) is 0 Å². The molecule has 0 fully saturated rings. The van der Waals surface area contributed by atoms with Crippen molar-refractivity contribution in [2.75, 3.05) is 0 Å². The van der Waals surface area contributed by atoms with Crippen LogP contribution in [0, 0.1) is 0 Å². The summed E-state index contributed by atoms with van der Waals surface area (Å²) >= 11 is 0. The van der Waals surface area contributed by atoms with Crippen LogP contribution in [0.4, 0.5) is 13.2 Å². The van der Waals surface area contributed by atoms with E-state index in [9.17, 15) is 13.2 Å². The van der Waals surface area contributed by atoms with Gasteiger partial charge in [-0.3, -0.25) is 0 Å². The molecule has 1 nitrogen and oxygen atoms in total. The van der Waals surface area contributed by atoms with Gasteiger partial charge >= 0.3 is 6.36 Å². The first-order valence-corrected chi connectivity index (χ1v) is 13.3. The van der Waals surface area contributed by atoms with Gasteiger partial charge in [0.15, 0.2) is 0 Å². The molecule has 0 atom stereocenters. The Balaban J connectivity index is 1.55. The molecule has 0 saturated carbocycles. The third-order valence-corrected chi connectivity index (χ3v) is 7.52. The van der Waals surface area contributed by atoms with Crippen LogP contribution in [-0.2, 0) is 0 Å². The Morgan fingerprint density at radius 3 is 1.83 bits per heavy atom. The van der Waals surface area contributed by atoms with E-state index < -0.39 is 6.36 Å². The lowest BCUT2D eigenvalue weighted by molar-refractivity contribution is -0.274. The van der Waals surface area contributed by atoms with Gasteiger partial charge in [-0.15, -0.1) is 13.2 Å². The highest BCUT2D eigenvalue weighted by atomic mass is 19.4. The van der Waals surface area contributed by atoms with E-state index in [4.69, 9.17) is 0 Å². The molecule has 4 heteroatoms. The highest BCUT2D eigenvalue weighted by Gasteiger charge is 2.31. The largest absolute Gasteiger partial charge is 0.573 e. The zero-order valence-corrected chi connectivity index (χ0v) is 21.8. The number of rotatable bonds is 4. The van der Waals surface area contributed by atoms with Crippen molar-refractivity contribution in [2.24, 2.45) is 0 Å². The molecular formula is C37H23F3O. The first-order valence-electron chi connectivity index (χ1n) is 13.3. The summed E-state index contributed by atoms with van der Waals surface area (Å²) in [6, 6.07) is 46.0. The molecule has 198 valence electrons. The van der Waals surface area contributed by atoms with Crippen molar-refractivity contribution in [3.05, 3.63) is 140 Å². The normalized spacial score (nSPS) is 11.8.